The van der Waals surface area contributed by atoms with Crippen LogP contribution in [0.5, 0.6) is 0 Å². The number of ether oxygens (including phenoxy) is 1. The van der Waals surface area contributed by atoms with Gasteiger partial charge in [0.25, 0.3) is 0 Å². The Morgan fingerprint density at radius 3 is 2.53 bits per heavy atom. The minimum atomic E-state index is -4.49. The van der Waals surface area contributed by atoms with Gasteiger partial charge in [0.15, 0.2) is 9.84 Å². The zero-order valence-corrected chi connectivity index (χ0v) is 11.1. The molecule has 1 aromatic carbocycles. The Balaban J connectivity index is 2.69. The van der Waals surface area contributed by atoms with Gasteiger partial charge >= 0.3 is 6.18 Å². The van der Waals surface area contributed by atoms with Gasteiger partial charge in [0, 0.05) is 5.69 Å². The van der Waals surface area contributed by atoms with E-state index in [-0.39, 0.29) is 15.6 Å². The molecule has 4 nitrogen and oxygen atoms in total. The molecule has 0 spiro atoms. The molecule has 108 valence electrons. The Hall–Kier alpha value is -0.990. The smallest absolute Gasteiger partial charge is 0.399 e. The first kappa shape index (κ1) is 16.1. The van der Waals surface area contributed by atoms with Gasteiger partial charge in [-0.05, 0) is 18.2 Å². The van der Waals surface area contributed by atoms with Crippen molar-refractivity contribution in [3.05, 3.63) is 23.2 Å². The normalized spacial score (nSPS) is 12.6. The molecule has 19 heavy (non-hydrogen) atoms. The van der Waals surface area contributed by atoms with Gasteiger partial charge in [0.2, 0.25) is 0 Å². The lowest BCUT2D eigenvalue weighted by Gasteiger charge is -2.09. The summed E-state index contributed by atoms with van der Waals surface area (Å²) >= 11 is 5.71. The fourth-order valence-corrected chi connectivity index (χ4v) is 2.93. The topological polar surface area (TPSA) is 69.4 Å². The van der Waals surface area contributed by atoms with E-state index in [0.29, 0.717) is 0 Å². The first-order chi connectivity index (χ1) is 8.62. The van der Waals surface area contributed by atoms with Crippen LogP contribution in [0.15, 0.2) is 23.1 Å². The molecule has 0 amide bonds. The minimum Gasteiger partial charge on any atom is -0.399 e. The highest BCUT2D eigenvalue weighted by Crippen LogP contribution is 2.24. The van der Waals surface area contributed by atoms with Crippen molar-refractivity contribution in [2.45, 2.75) is 11.1 Å². The van der Waals surface area contributed by atoms with Gasteiger partial charge in [-0.2, -0.15) is 13.2 Å². The van der Waals surface area contributed by atoms with Gasteiger partial charge < -0.3 is 10.5 Å². The molecule has 0 bridgehead atoms. The summed E-state index contributed by atoms with van der Waals surface area (Å²) in [5, 5.41) is -0.0370. The third-order valence-corrected chi connectivity index (χ3v) is 4.21. The van der Waals surface area contributed by atoms with Crippen molar-refractivity contribution in [3.63, 3.8) is 0 Å². The van der Waals surface area contributed by atoms with Gasteiger partial charge in [-0.15, -0.1) is 0 Å². The maximum atomic E-state index is 11.8. The van der Waals surface area contributed by atoms with Crippen LogP contribution in [0, 0.1) is 0 Å². The fraction of sp³-hybridized carbons (Fsp3) is 0.400. The van der Waals surface area contributed by atoms with Crippen molar-refractivity contribution in [1.82, 2.24) is 0 Å². The molecule has 0 unspecified atom stereocenters. The van der Waals surface area contributed by atoms with E-state index in [1.54, 1.807) is 0 Å². The lowest BCUT2D eigenvalue weighted by Crippen LogP contribution is -2.20. The number of nitrogen functional groups attached to an aromatic ring is 1. The summed E-state index contributed by atoms with van der Waals surface area (Å²) in [5.74, 6) is -0.605. The number of nitrogens with two attached hydrogens (primary N) is 1. The summed E-state index contributed by atoms with van der Waals surface area (Å²) in [7, 11) is -3.84. The third kappa shape index (κ3) is 5.25. The van der Waals surface area contributed by atoms with E-state index in [9.17, 15) is 21.6 Å². The summed E-state index contributed by atoms with van der Waals surface area (Å²) in [6.07, 6.45) is -4.49. The Labute approximate surface area is 113 Å². The maximum Gasteiger partial charge on any atom is 0.411 e. The number of benzene rings is 1. The molecule has 1 aromatic rings. The Morgan fingerprint density at radius 1 is 1.32 bits per heavy atom. The van der Waals surface area contributed by atoms with Crippen molar-refractivity contribution in [1.29, 1.82) is 0 Å². The summed E-state index contributed by atoms with van der Waals surface area (Å²) in [4.78, 5) is -0.218. The molecule has 0 atom stereocenters. The molecule has 0 aliphatic rings. The van der Waals surface area contributed by atoms with E-state index in [1.807, 2.05) is 0 Å². The fourth-order valence-electron chi connectivity index (χ4n) is 1.22. The quantitative estimate of drug-likeness (QED) is 0.668. The van der Waals surface area contributed by atoms with Crippen LogP contribution in [0.1, 0.15) is 0 Å². The predicted molar refractivity (Wildman–Crippen MR) is 64.8 cm³/mol. The van der Waals surface area contributed by atoms with Gasteiger partial charge in [-0.1, -0.05) is 11.6 Å². The molecule has 0 aromatic heterocycles. The predicted octanol–water partition coefficient (Wildman–Crippen LogP) is 2.27. The number of hydrogen-bond acceptors (Lipinski definition) is 4. The van der Waals surface area contributed by atoms with Crippen molar-refractivity contribution >= 4 is 27.1 Å². The standard InChI is InChI=1S/C10H11ClF3NO3S/c11-8-2-1-7(15)5-9(8)19(16,17)4-3-18-6-10(12,13)14/h1-2,5H,3-4,6,15H2. The van der Waals surface area contributed by atoms with Crippen LogP contribution < -0.4 is 5.73 Å². The average Bonchev–Trinajstić information content (AvgIpc) is 2.26. The lowest BCUT2D eigenvalue weighted by atomic mass is 10.3. The molecule has 0 aliphatic carbocycles. The Kier molecular flexibility index (Phi) is 5.05. The van der Waals surface area contributed by atoms with E-state index in [4.69, 9.17) is 17.3 Å². The molecular weight excluding hydrogens is 307 g/mol. The Bertz CT molecular complexity index is 545. The summed E-state index contributed by atoms with van der Waals surface area (Å²) in [6.45, 7) is -2.07. The third-order valence-electron chi connectivity index (χ3n) is 2.05. The van der Waals surface area contributed by atoms with E-state index < -0.39 is 35.0 Å². The highest BCUT2D eigenvalue weighted by Gasteiger charge is 2.28. The van der Waals surface area contributed by atoms with E-state index in [1.165, 1.54) is 12.1 Å². The van der Waals surface area contributed by atoms with E-state index in [0.717, 1.165) is 6.07 Å². The van der Waals surface area contributed by atoms with Crippen LogP contribution in [0.25, 0.3) is 0 Å². The SMILES string of the molecule is Nc1ccc(Cl)c(S(=O)(=O)CCOCC(F)(F)F)c1. The van der Waals surface area contributed by atoms with Crippen LogP contribution in [0.4, 0.5) is 18.9 Å². The van der Waals surface area contributed by atoms with Crippen LogP contribution in [0.3, 0.4) is 0 Å². The van der Waals surface area contributed by atoms with Gasteiger partial charge in [-0.3, -0.25) is 0 Å². The van der Waals surface area contributed by atoms with Gasteiger partial charge in [0.05, 0.1) is 22.3 Å². The van der Waals surface area contributed by atoms with Crippen LogP contribution in [-0.4, -0.2) is 33.6 Å². The maximum absolute atomic E-state index is 11.8. The van der Waals surface area contributed by atoms with Crippen molar-refractivity contribution in [2.75, 3.05) is 24.7 Å². The van der Waals surface area contributed by atoms with E-state index >= 15 is 0 Å². The number of rotatable bonds is 5. The van der Waals surface area contributed by atoms with Crippen LogP contribution in [-0.2, 0) is 14.6 Å². The molecule has 0 saturated heterocycles. The summed E-state index contributed by atoms with van der Waals surface area (Å²) in [6, 6.07) is 3.88. The van der Waals surface area contributed by atoms with Crippen LogP contribution in [0.2, 0.25) is 5.02 Å². The molecule has 1 rings (SSSR count). The van der Waals surface area contributed by atoms with Crippen molar-refractivity contribution in [2.24, 2.45) is 0 Å². The largest absolute Gasteiger partial charge is 0.411 e. The second-order valence-corrected chi connectivity index (χ2v) is 6.16. The molecule has 0 saturated carbocycles. The number of sulfone groups is 1. The van der Waals surface area contributed by atoms with Crippen LogP contribution >= 0.6 is 11.6 Å². The highest BCUT2D eigenvalue weighted by molar-refractivity contribution is 7.91. The molecule has 0 fully saturated rings. The van der Waals surface area contributed by atoms with Gasteiger partial charge in [-0.25, -0.2) is 8.42 Å². The van der Waals surface area contributed by atoms with Crippen molar-refractivity contribution < 1.29 is 26.3 Å². The lowest BCUT2D eigenvalue weighted by molar-refractivity contribution is -0.172. The Morgan fingerprint density at radius 2 is 1.95 bits per heavy atom. The second kappa shape index (κ2) is 5.98. The number of hydrogen-bond donors (Lipinski definition) is 1. The highest BCUT2D eigenvalue weighted by atomic mass is 35.5. The monoisotopic (exact) mass is 317 g/mol. The summed E-state index contributed by atoms with van der Waals surface area (Å²) in [5.41, 5.74) is 5.63. The van der Waals surface area contributed by atoms with E-state index in [2.05, 4.69) is 4.74 Å². The minimum absolute atomic E-state index is 0.0370. The average molecular weight is 318 g/mol. The number of alkyl halides is 3. The molecule has 9 heteroatoms. The zero-order valence-electron chi connectivity index (χ0n) is 9.58. The number of halogens is 4. The molecule has 0 radical (unpaired) electrons. The molecule has 0 aliphatic heterocycles. The molecule has 2 N–H and O–H groups in total. The first-order valence-electron chi connectivity index (χ1n) is 5.04. The number of anilines is 1. The molecule has 0 heterocycles. The second-order valence-electron chi connectivity index (χ2n) is 3.68. The first-order valence-corrected chi connectivity index (χ1v) is 7.07. The summed E-state index contributed by atoms with van der Waals surface area (Å²) < 4.78 is 63.3. The van der Waals surface area contributed by atoms with Gasteiger partial charge in [0.1, 0.15) is 6.61 Å². The molecular formula is C10H11ClF3NO3S. The van der Waals surface area contributed by atoms with Crippen molar-refractivity contribution in [3.8, 4) is 0 Å². The zero-order chi connectivity index (χ0) is 14.7.